The van der Waals surface area contributed by atoms with E-state index in [1.54, 1.807) is 12.3 Å². The van der Waals surface area contributed by atoms with Crippen molar-refractivity contribution in [1.82, 2.24) is 9.97 Å². The van der Waals surface area contributed by atoms with Crippen LogP contribution in [0.2, 0.25) is 5.02 Å². The van der Waals surface area contributed by atoms with Crippen molar-refractivity contribution in [1.29, 1.82) is 0 Å². The zero-order chi connectivity index (χ0) is 18.1. The van der Waals surface area contributed by atoms with Gasteiger partial charge in [0.25, 0.3) is 5.56 Å². The van der Waals surface area contributed by atoms with Crippen LogP contribution in [0.1, 0.15) is 5.56 Å². The summed E-state index contributed by atoms with van der Waals surface area (Å²) in [6.45, 7) is 0.491. The molecule has 0 saturated heterocycles. The van der Waals surface area contributed by atoms with E-state index >= 15 is 0 Å². The molecule has 0 aliphatic rings. The minimum Gasteiger partial charge on any atom is -0.328 e. The second-order valence-electron chi connectivity index (χ2n) is 6.03. The average Bonchev–Trinajstić information content (AvgIpc) is 2.68. The quantitative estimate of drug-likeness (QED) is 0.569. The van der Waals surface area contributed by atoms with Gasteiger partial charge in [-0.05, 0) is 35.4 Å². The molecule has 5 heteroatoms. The van der Waals surface area contributed by atoms with Crippen LogP contribution in [0.3, 0.4) is 0 Å². The van der Waals surface area contributed by atoms with Crippen molar-refractivity contribution in [2.45, 2.75) is 6.54 Å². The largest absolute Gasteiger partial charge is 0.328 e. The Labute approximate surface area is 155 Å². The Morgan fingerprint density at radius 3 is 2.35 bits per heavy atom. The molecule has 0 radical (unpaired) electrons. The molecule has 4 aromatic rings. The Hall–Kier alpha value is -2.95. The Morgan fingerprint density at radius 2 is 1.65 bits per heavy atom. The fraction of sp³-hybridized carbons (Fsp3) is 0.0476. The van der Waals surface area contributed by atoms with Crippen molar-refractivity contribution in [2.24, 2.45) is 5.73 Å². The number of nitrogens with zero attached hydrogens (tertiary/aromatic N) is 1. The Bertz CT molecular complexity index is 1130. The Balaban J connectivity index is 2.00. The lowest BCUT2D eigenvalue weighted by Crippen LogP contribution is -2.06. The van der Waals surface area contributed by atoms with Crippen LogP contribution in [-0.4, -0.2) is 9.97 Å². The van der Waals surface area contributed by atoms with Crippen molar-refractivity contribution < 1.29 is 0 Å². The van der Waals surface area contributed by atoms with E-state index in [2.05, 4.69) is 4.98 Å². The Morgan fingerprint density at radius 1 is 0.962 bits per heavy atom. The maximum absolute atomic E-state index is 12.2. The van der Waals surface area contributed by atoms with Crippen LogP contribution in [0.25, 0.3) is 33.3 Å². The first-order chi connectivity index (χ1) is 12.7. The SMILES string of the molecule is NCc1ccc(-c2nc3cc[nH]c(=O)c3cc2-c2ccc(Cl)cc2)cc1. The molecule has 0 unspecified atom stereocenters. The molecule has 0 atom stereocenters. The molecule has 128 valence electrons. The van der Waals surface area contributed by atoms with Crippen LogP contribution >= 0.6 is 11.6 Å². The number of fused-ring (bicyclic) bond motifs is 1. The number of aromatic nitrogens is 2. The standard InChI is InChI=1S/C21H16ClN3O/c22-16-7-5-14(6-8-16)17-11-18-19(9-10-24-21(18)26)25-20(17)15-3-1-13(12-23)2-4-15/h1-11H,12,23H2,(H,24,26). The molecule has 0 fully saturated rings. The molecule has 2 aromatic heterocycles. The number of H-pyrrole nitrogens is 1. The minimum absolute atomic E-state index is 0.157. The number of halogens is 1. The fourth-order valence-electron chi connectivity index (χ4n) is 2.98. The van der Waals surface area contributed by atoms with Gasteiger partial charge in [0.15, 0.2) is 0 Å². The maximum Gasteiger partial charge on any atom is 0.257 e. The summed E-state index contributed by atoms with van der Waals surface area (Å²) in [5.74, 6) is 0. The molecule has 0 saturated carbocycles. The van der Waals surface area contributed by atoms with Crippen molar-refractivity contribution in [3.05, 3.63) is 87.8 Å². The molecule has 2 heterocycles. The minimum atomic E-state index is -0.157. The van der Waals surface area contributed by atoms with Gasteiger partial charge >= 0.3 is 0 Å². The van der Waals surface area contributed by atoms with Gasteiger partial charge in [-0.15, -0.1) is 0 Å². The number of nitrogens with one attached hydrogen (secondary N) is 1. The average molecular weight is 362 g/mol. The van der Waals surface area contributed by atoms with E-state index in [9.17, 15) is 4.79 Å². The number of hydrogen-bond acceptors (Lipinski definition) is 3. The lowest BCUT2D eigenvalue weighted by atomic mass is 9.97. The van der Waals surface area contributed by atoms with Crippen LogP contribution in [0, 0.1) is 0 Å². The van der Waals surface area contributed by atoms with Crippen molar-refractivity contribution >= 4 is 22.5 Å². The van der Waals surface area contributed by atoms with Crippen LogP contribution < -0.4 is 11.3 Å². The van der Waals surface area contributed by atoms with Gasteiger partial charge in [0, 0.05) is 28.9 Å². The van der Waals surface area contributed by atoms with E-state index in [1.165, 1.54) is 0 Å². The summed E-state index contributed by atoms with van der Waals surface area (Å²) in [5, 5.41) is 1.22. The molecule has 0 bridgehead atoms. The summed E-state index contributed by atoms with van der Waals surface area (Å²) in [6.07, 6.45) is 1.61. The lowest BCUT2D eigenvalue weighted by molar-refractivity contribution is 1.07. The summed E-state index contributed by atoms with van der Waals surface area (Å²) in [7, 11) is 0. The number of aromatic amines is 1. The summed E-state index contributed by atoms with van der Waals surface area (Å²) in [5.41, 5.74) is 10.9. The van der Waals surface area contributed by atoms with Crippen LogP contribution in [-0.2, 0) is 6.54 Å². The Kier molecular flexibility index (Phi) is 4.29. The lowest BCUT2D eigenvalue weighted by Gasteiger charge is -2.12. The van der Waals surface area contributed by atoms with Gasteiger partial charge in [-0.2, -0.15) is 0 Å². The highest BCUT2D eigenvalue weighted by Gasteiger charge is 2.13. The zero-order valence-corrected chi connectivity index (χ0v) is 14.6. The fourth-order valence-corrected chi connectivity index (χ4v) is 3.10. The van der Waals surface area contributed by atoms with Crippen LogP contribution in [0.5, 0.6) is 0 Å². The molecule has 26 heavy (non-hydrogen) atoms. The number of rotatable bonds is 3. The molecule has 4 nitrogen and oxygen atoms in total. The predicted octanol–water partition coefficient (Wildman–Crippen LogP) is 4.37. The first-order valence-corrected chi connectivity index (χ1v) is 8.61. The first kappa shape index (κ1) is 16.5. The van der Waals surface area contributed by atoms with Gasteiger partial charge in [0.1, 0.15) is 0 Å². The number of pyridine rings is 2. The van der Waals surface area contributed by atoms with E-state index < -0.39 is 0 Å². The highest BCUT2D eigenvalue weighted by Crippen LogP contribution is 2.33. The molecule has 2 aromatic carbocycles. The van der Waals surface area contributed by atoms with Crippen molar-refractivity contribution in [2.75, 3.05) is 0 Å². The second-order valence-corrected chi connectivity index (χ2v) is 6.47. The van der Waals surface area contributed by atoms with Gasteiger partial charge in [0.2, 0.25) is 0 Å². The molecular formula is C21H16ClN3O. The van der Waals surface area contributed by atoms with E-state index in [1.807, 2.05) is 54.6 Å². The van der Waals surface area contributed by atoms with Gasteiger partial charge in [-0.3, -0.25) is 4.79 Å². The third kappa shape index (κ3) is 3.01. The topological polar surface area (TPSA) is 71.8 Å². The van der Waals surface area contributed by atoms with E-state index in [4.69, 9.17) is 22.3 Å². The summed E-state index contributed by atoms with van der Waals surface area (Å²) in [4.78, 5) is 19.7. The van der Waals surface area contributed by atoms with Crippen molar-refractivity contribution in [3.63, 3.8) is 0 Å². The molecule has 3 N–H and O–H groups in total. The predicted molar refractivity (Wildman–Crippen MR) is 106 cm³/mol. The van der Waals surface area contributed by atoms with Crippen molar-refractivity contribution in [3.8, 4) is 22.4 Å². The number of hydrogen-bond donors (Lipinski definition) is 2. The summed E-state index contributed by atoms with van der Waals surface area (Å²) >= 11 is 6.03. The highest BCUT2D eigenvalue weighted by atomic mass is 35.5. The zero-order valence-electron chi connectivity index (χ0n) is 13.9. The van der Waals surface area contributed by atoms with E-state index in [0.717, 1.165) is 27.9 Å². The van der Waals surface area contributed by atoms with Crippen LogP contribution in [0.15, 0.2) is 71.7 Å². The van der Waals surface area contributed by atoms with Gasteiger partial charge in [-0.1, -0.05) is 48.0 Å². The molecule has 4 rings (SSSR count). The molecule has 0 spiro atoms. The maximum atomic E-state index is 12.2. The number of nitrogens with two attached hydrogens (primary N) is 1. The van der Waals surface area contributed by atoms with Gasteiger partial charge in [0.05, 0.1) is 16.6 Å². The second kappa shape index (κ2) is 6.75. The van der Waals surface area contributed by atoms with E-state index in [-0.39, 0.29) is 5.56 Å². The molecule has 0 aliphatic carbocycles. The molecule has 0 aliphatic heterocycles. The summed E-state index contributed by atoms with van der Waals surface area (Å²) < 4.78 is 0. The van der Waals surface area contributed by atoms with Gasteiger partial charge in [-0.25, -0.2) is 4.98 Å². The van der Waals surface area contributed by atoms with E-state index in [0.29, 0.717) is 22.5 Å². The molecular weight excluding hydrogens is 346 g/mol. The molecule has 0 amide bonds. The smallest absolute Gasteiger partial charge is 0.257 e. The summed E-state index contributed by atoms with van der Waals surface area (Å²) in [6, 6.07) is 19.2. The highest BCUT2D eigenvalue weighted by molar-refractivity contribution is 6.30. The first-order valence-electron chi connectivity index (χ1n) is 8.23. The number of benzene rings is 2. The monoisotopic (exact) mass is 361 g/mol. The van der Waals surface area contributed by atoms with Crippen LogP contribution in [0.4, 0.5) is 0 Å². The third-order valence-electron chi connectivity index (χ3n) is 4.37. The third-order valence-corrected chi connectivity index (χ3v) is 4.62. The normalized spacial score (nSPS) is 11.0. The van der Waals surface area contributed by atoms with Gasteiger partial charge < -0.3 is 10.7 Å².